The Labute approximate surface area is 580 Å². The second kappa shape index (κ2) is 27.0. The minimum atomic E-state index is -3.22. The maximum Gasteiger partial charge on any atom is 0.273 e. The van der Waals surface area contributed by atoms with Crippen LogP contribution < -0.4 is 0 Å². The van der Waals surface area contributed by atoms with Gasteiger partial charge in [-0.15, -0.1) is 0 Å². The molecule has 6 aliphatic rings. The molecule has 0 spiro atoms. The number of halogens is 6. The summed E-state index contributed by atoms with van der Waals surface area (Å²) in [6.45, 7) is 1.93. The number of nitrogens with one attached hydrogen (secondary N) is 3. The van der Waals surface area contributed by atoms with Crippen LogP contribution >= 0.6 is 69.6 Å². The minimum absolute atomic E-state index is 0.0269. The fourth-order valence-corrected chi connectivity index (χ4v) is 19.3. The molecule has 500 valence electrons. The van der Waals surface area contributed by atoms with Gasteiger partial charge in [-0.1, -0.05) is 124 Å². The fraction of sp³-hybridized carbons (Fsp3) is 0.262. The van der Waals surface area contributed by atoms with E-state index in [1.807, 2.05) is 0 Å². The van der Waals surface area contributed by atoms with Crippen LogP contribution in [-0.2, 0) is 29.5 Å². The quantitative estimate of drug-likeness (QED) is 0.0706. The Kier molecular flexibility index (Phi) is 19.2. The molecule has 6 aliphatic heterocycles. The van der Waals surface area contributed by atoms with Crippen LogP contribution in [0.1, 0.15) is 109 Å². The number of hydrogen-bond acceptors (Lipinski definition) is 16. The number of phenols is 3. The Bertz CT molecular complexity index is 4470. The highest BCUT2D eigenvalue weighted by atomic mass is 35.5. The number of hydrogen-bond donors (Lipinski definition) is 7. The van der Waals surface area contributed by atoms with E-state index in [1.54, 1.807) is 149 Å². The van der Waals surface area contributed by atoms with Crippen molar-refractivity contribution in [3.8, 4) is 51.0 Å². The Hall–Kier alpha value is -7.69. The lowest BCUT2D eigenvalue weighted by atomic mass is 9.95. The van der Waals surface area contributed by atoms with Crippen molar-refractivity contribution in [2.24, 2.45) is 0 Å². The Morgan fingerprint density at radius 1 is 0.417 bits per heavy atom. The molecule has 3 aromatic heterocycles. The molecule has 7 N–H and O–H groups in total. The summed E-state index contributed by atoms with van der Waals surface area (Å²) in [4.78, 5) is 45.0. The number of aliphatic hydroxyl groups excluding tert-OH is 1. The number of amides is 3. The van der Waals surface area contributed by atoms with E-state index in [9.17, 15) is 55.0 Å². The lowest BCUT2D eigenvalue weighted by Gasteiger charge is -2.31. The molecule has 0 bridgehead atoms. The van der Waals surface area contributed by atoms with E-state index in [0.29, 0.717) is 117 Å². The molecule has 31 heteroatoms. The number of benzene rings is 6. The second-order valence-electron chi connectivity index (χ2n) is 23.5. The smallest absolute Gasteiger partial charge is 0.273 e. The van der Waals surface area contributed by atoms with Crippen LogP contribution in [0.25, 0.3) is 33.8 Å². The second-order valence-corrected chi connectivity index (χ2v) is 32.6. The number of para-hydroxylation sites is 3. The molecule has 6 unspecified atom stereocenters. The zero-order valence-electron chi connectivity index (χ0n) is 50.3. The molecule has 3 amide bonds. The van der Waals surface area contributed by atoms with Gasteiger partial charge in [0.25, 0.3) is 17.7 Å². The molecule has 6 aromatic carbocycles. The normalized spacial score (nSPS) is 21.6. The Morgan fingerprint density at radius 3 is 0.885 bits per heavy atom. The Morgan fingerprint density at radius 2 is 0.667 bits per heavy atom. The standard InChI is InChI=1S/3C21H17Cl2N3O4S.C2H6O/c3*22-14-6-5-11(9-15(14)23)20-17-18(13-3-1-2-4-16(13)27)24-25-19(17)21(28)26(20)12-7-8-31(29,30)10-12;1-2-3/h3*1-6,9,12,20,27H,7-8,10H2,(H,24,25);3H,2H2,1H3. The predicted molar refractivity (Wildman–Crippen MR) is 364 cm³/mol. The van der Waals surface area contributed by atoms with Gasteiger partial charge >= 0.3 is 0 Å². The van der Waals surface area contributed by atoms with Crippen LogP contribution in [0.4, 0.5) is 0 Å². The summed E-state index contributed by atoms with van der Waals surface area (Å²) in [5.41, 5.74) is 7.32. The number of aliphatic hydroxyl groups is 1. The topological polar surface area (TPSA) is 330 Å². The van der Waals surface area contributed by atoms with Crippen LogP contribution in [0.5, 0.6) is 17.2 Å². The number of H-pyrrole nitrogens is 3. The molecule has 22 nitrogen and oxygen atoms in total. The summed E-state index contributed by atoms with van der Waals surface area (Å²) in [7, 11) is -9.67. The number of aromatic nitrogens is 6. The van der Waals surface area contributed by atoms with Gasteiger partial charge in [0.2, 0.25) is 0 Å². The van der Waals surface area contributed by atoms with Crippen molar-refractivity contribution in [2.75, 3.05) is 41.1 Å². The van der Waals surface area contributed by atoms with Gasteiger partial charge in [-0.2, -0.15) is 15.3 Å². The molecule has 3 fully saturated rings. The first-order valence-electron chi connectivity index (χ1n) is 29.9. The summed E-state index contributed by atoms with van der Waals surface area (Å²) >= 11 is 37.1. The molecule has 0 saturated carbocycles. The van der Waals surface area contributed by atoms with Crippen molar-refractivity contribution in [1.29, 1.82) is 0 Å². The summed E-state index contributed by atoms with van der Waals surface area (Å²) in [5, 5.41) is 62.2. The highest BCUT2D eigenvalue weighted by molar-refractivity contribution is 7.92. The average Bonchev–Trinajstić information content (AvgIpc) is 1.58. The lowest BCUT2D eigenvalue weighted by Crippen LogP contribution is -2.40. The van der Waals surface area contributed by atoms with Gasteiger partial charge in [0, 0.05) is 58.1 Å². The minimum Gasteiger partial charge on any atom is -0.507 e. The number of fused-ring (bicyclic) bond motifs is 3. The van der Waals surface area contributed by atoms with Gasteiger partial charge in [-0.05, 0) is 116 Å². The number of nitrogens with zero attached hydrogens (tertiary/aromatic N) is 6. The van der Waals surface area contributed by atoms with Crippen LogP contribution in [0.15, 0.2) is 127 Å². The molecule has 96 heavy (non-hydrogen) atoms. The zero-order chi connectivity index (χ0) is 68.4. The van der Waals surface area contributed by atoms with Gasteiger partial charge in [0.1, 0.15) is 51.4 Å². The van der Waals surface area contributed by atoms with E-state index in [4.69, 9.17) is 74.7 Å². The molecular weight excluding hydrogens is 1420 g/mol. The number of aromatic hydroxyl groups is 3. The maximum absolute atomic E-state index is 13.4. The van der Waals surface area contributed by atoms with E-state index < -0.39 is 65.8 Å². The summed E-state index contributed by atoms with van der Waals surface area (Å²) in [6, 6.07) is 32.1. The number of sulfone groups is 3. The van der Waals surface area contributed by atoms with Crippen molar-refractivity contribution in [3.05, 3.63) is 208 Å². The number of carbonyl (C=O) groups excluding carboxylic acids is 3. The maximum atomic E-state index is 13.4. The van der Waals surface area contributed by atoms with E-state index in [-0.39, 0.29) is 93.2 Å². The van der Waals surface area contributed by atoms with Crippen molar-refractivity contribution < 1.29 is 60.1 Å². The van der Waals surface area contributed by atoms with E-state index in [0.717, 1.165) is 0 Å². The molecule has 6 atom stereocenters. The first kappa shape index (κ1) is 68.3. The van der Waals surface area contributed by atoms with Crippen molar-refractivity contribution in [2.45, 2.75) is 62.4 Å². The first-order chi connectivity index (χ1) is 45.7. The molecular formula is C65H57Cl6N9O13S3. The summed E-state index contributed by atoms with van der Waals surface area (Å²) in [6.07, 6.45) is 1.07. The third-order valence-corrected chi connectivity index (χ3v) is 24.9. The average molecular weight is 1480 g/mol. The van der Waals surface area contributed by atoms with Crippen LogP contribution in [-0.4, -0.2) is 168 Å². The Balaban J connectivity index is 0.000000135. The molecule has 9 heterocycles. The molecule has 3 saturated heterocycles. The SMILES string of the molecule is CCO.O=C1c2[nH]nc(-c3ccccc3O)c2C(c2ccc(Cl)c(Cl)c2)N1C1CCS(=O)(=O)C1.O=C1c2[nH]nc(-c3ccccc3O)c2C(c2ccc(Cl)c(Cl)c2)N1C1CCS(=O)(=O)C1.O=C1c2[nH]nc(-c3ccccc3O)c2C(c2ccc(Cl)c(Cl)c2)N1C1CCS(=O)(=O)C1. The molecule has 15 rings (SSSR count). The number of rotatable bonds is 9. The molecule has 9 aromatic rings. The third-order valence-electron chi connectivity index (χ3n) is 17.5. The van der Waals surface area contributed by atoms with Crippen LogP contribution in [0.3, 0.4) is 0 Å². The van der Waals surface area contributed by atoms with Crippen molar-refractivity contribution in [3.63, 3.8) is 0 Å². The highest BCUT2D eigenvalue weighted by Crippen LogP contribution is 2.51. The van der Waals surface area contributed by atoms with E-state index >= 15 is 0 Å². The number of carbonyl (C=O) groups is 3. The van der Waals surface area contributed by atoms with Crippen molar-refractivity contribution in [1.82, 2.24) is 45.3 Å². The van der Waals surface area contributed by atoms with E-state index in [2.05, 4.69) is 30.6 Å². The number of phenolic OH excluding ortho intramolecular Hbond substituents is 3. The van der Waals surface area contributed by atoms with Gasteiger partial charge in [-0.25, -0.2) is 25.3 Å². The van der Waals surface area contributed by atoms with E-state index in [1.165, 1.54) is 0 Å². The predicted octanol–water partition coefficient (Wildman–Crippen LogP) is 11.5. The largest absolute Gasteiger partial charge is 0.507 e. The fourth-order valence-electron chi connectivity index (χ4n) is 13.3. The van der Waals surface area contributed by atoms with Gasteiger partial charge in [-0.3, -0.25) is 29.7 Å². The summed E-state index contributed by atoms with van der Waals surface area (Å²) < 4.78 is 73.0. The van der Waals surface area contributed by atoms with Gasteiger partial charge in [0.05, 0.1) is 82.8 Å². The first-order valence-corrected chi connectivity index (χ1v) is 37.6. The van der Waals surface area contributed by atoms with Gasteiger partial charge in [0.15, 0.2) is 29.5 Å². The zero-order valence-corrected chi connectivity index (χ0v) is 57.3. The van der Waals surface area contributed by atoms with Crippen molar-refractivity contribution >= 4 is 117 Å². The summed E-state index contributed by atoms with van der Waals surface area (Å²) in [5.74, 6) is -1.10. The lowest BCUT2D eigenvalue weighted by molar-refractivity contribution is 0.0669. The molecule has 0 radical (unpaired) electrons. The van der Waals surface area contributed by atoms with Crippen LogP contribution in [0, 0.1) is 0 Å². The molecule has 0 aliphatic carbocycles. The monoisotopic (exact) mass is 1480 g/mol. The number of aromatic amines is 3. The highest BCUT2D eigenvalue weighted by Gasteiger charge is 2.52. The van der Waals surface area contributed by atoms with Crippen LogP contribution in [0.2, 0.25) is 30.1 Å². The van der Waals surface area contributed by atoms with Gasteiger partial charge < -0.3 is 35.1 Å². The third kappa shape index (κ3) is 12.9.